The molecule has 0 radical (unpaired) electrons. The van der Waals surface area contributed by atoms with Crippen LogP contribution in [-0.4, -0.2) is 18.9 Å². The first kappa shape index (κ1) is 11.5. The van der Waals surface area contributed by atoms with E-state index in [4.69, 9.17) is 4.42 Å². The minimum absolute atomic E-state index is 0.117. The Bertz CT molecular complexity index is 546. The fourth-order valence-electron chi connectivity index (χ4n) is 2.64. The zero-order chi connectivity index (χ0) is 12.6. The van der Waals surface area contributed by atoms with Crippen molar-refractivity contribution in [2.75, 3.05) is 13.1 Å². The number of hydrogen-bond acceptors (Lipinski definition) is 3. The molecular formula is C15H17NO2. The summed E-state index contributed by atoms with van der Waals surface area (Å²) in [6.07, 6.45) is 1.97. The summed E-state index contributed by atoms with van der Waals surface area (Å²) in [5.74, 6) is 0.605. The number of hydrogen-bond donors (Lipinski definition) is 1. The van der Waals surface area contributed by atoms with Crippen molar-refractivity contribution in [3.8, 4) is 0 Å². The van der Waals surface area contributed by atoms with E-state index < -0.39 is 0 Å². The van der Waals surface area contributed by atoms with Gasteiger partial charge in [0.1, 0.15) is 5.58 Å². The molecule has 1 aromatic heterocycles. The maximum Gasteiger partial charge on any atom is 0.205 e. The third-order valence-corrected chi connectivity index (χ3v) is 3.79. The van der Waals surface area contributed by atoms with E-state index >= 15 is 0 Å². The second kappa shape index (κ2) is 4.25. The molecule has 1 fully saturated rings. The summed E-state index contributed by atoms with van der Waals surface area (Å²) in [7, 11) is 0. The van der Waals surface area contributed by atoms with E-state index in [2.05, 4.69) is 5.32 Å². The van der Waals surface area contributed by atoms with Crippen LogP contribution in [0.5, 0.6) is 0 Å². The number of rotatable bonds is 2. The normalized spacial score (nSPS) is 24.3. The standard InChI is InChI=1S/C15H17NO2/c1-15(7-4-8-16-10-15)14(17)13-9-11-5-2-3-6-12(11)18-13/h2-3,5-6,9,16H,4,7-8,10H2,1H3. The molecule has 1 unspecified atom stereocenters. The lowest BCUT2D eigenvalue weighted by molar-refractivity contribution is 0.0744. The van der Waals surface area contributed by atoms with Gasteiger partial charge in [-0.2, -0.15) is 0 Å². The second-order valence-electron chi connectivity index (χ2n) is 5.32. The minimum Gasteiger partial charge on any atom is -0.453 e. The van der Waals surface area contributed by atoms with Crippen molar-refractivity contribution in [1.82, 2.24) is 5.32 Å². The zero-order valence-corrected chi connectivity index (χ0v) is 10.5. The summed E-state index contributed by atoms with van der Waals surface area (Å²) in [4.78, 5) is 12.6. The van der Waals surface area contributed by atoms with Crippen LogP contribution in [0.1, 0.15) is 30.3 Å². The van der Waals surface area contributed by atoms with E-state index in [1.807, 2.05) is 37.3 Å². The Kier molecular flexibility index (Phi) is 2.71. The molecule has 2 heterocycles. The maximum atomic E-state index is 12.6. The minimum atomic E-state index is -0.327. The molecule has 3 rings (SSSR count). The first-order valence-electron chi connectivity index (χ1n) is 6.43. The van der Waals surface area contributed by atoms with Gasteiger partial charge >= 0.3 is 0 Å². The molecule has 2 aromatic rings. The largest absolute Gasteiger partial charge is 0.453 e. The van der Waals surface area contributed by atoms with Crippen LogP contribution in [0, 0.1) is 5.41 Å². The number of nitrogens with one attached hydrogen (secondary N) is 1. The molecule has 0 aliphatic carbocycles. The maximum absolute atomic E-state index is 12.6. The highest BCUT2D eigenvalue weighted by Crippen LogP contribution is 2.32. The number of fused-ring (bicyclic) bond motifs is 1. The molecule has 1 saturated heterocycles. The lowest BCUT2D eigenvalue weighted by atomic mass is 9.78. The van der Waals surface area contributed by atoms with Crippen LogP contribution in [0.3, 0.4) is 0 Å². The molecule has 18 heavy (non-hydrogen) atoms. The number of carbonyl (C=O) groups is 1. The third-order valence-electron chi connectivity index (χ3n) is 3.79. The molecular weight excluding hydrogens is 226 g/mol. The van der Waals surface area contributed by atoms with Gasteiger partial charge in [-0.25, -0.2) is 0 Å². The quantitative estimate of drug-likeness (QED) is 0.824. The fourth-order valence-corrected chi connectivity index (χ4v) is 2.64. The van der Waals surface area contributed by atoms with Gasteiger partial charge < -0.3 is 9.73 Å². The fraction of sp³-hybridized carbons (Fsp3) is 0.400. The lowest BCUT2D eigenvalue weighted by Crippen LogP contribution is -2.43. The van der Waals surface area contributed by atoms with Crippen molar-refractivity contribution in [1.29, 1.82) is 0 Å². The molecule has 1 atom stereocenters. The van der Waals surface area contributed by atoms with Crippen LogP contribution in [0.4, 0.5) is 0 Å². The van der Waals surface area contributed by atoms with E-state index in [1.165, 1.54) is 0 Å². The van der Waals surface area contributed by atoms with Crippen molar-refractivity contribution in [3.05, 3.63) is 36.1 Å². The molecule has 0 amide bonds. The molecule has 94 valence electrons. The molecule has 0 spiro atoms. The Morgan fingerprint density at radius 1 is 1.39 bits per heavy atom. The first-order chi connectivity index (χ1) is 8.69. The molecule has 3 nitrogen and oxygen atoms in total. The Balaban J connectivity index is 1.96. The van der Waals surface area contributed by atoms with Crippen molar-refractivity contribution in [2.45, 2.75) is 19.8 Å². The predicted molar refractivity (Wildman–Crippen MR) is 70.8 cm³/mol. The molecule has 1 aromatic carbocycles. The zero-order valence-electron chi connectivity index (χ0n) is 10.5. The van der Waals surface area contributed by atoms with Crippen LogP contribution in [0.2, 0.25) is 0 Å². The Hall–Kier alpha value is -1.61. The van der Waals surface area contributed by atoms with Crippen molar-refractivity contribution in [2.24, 2.45) is 5.41 Å². The Morgan fingerprint density at radius 2 is 2.22 bits per heavy atom. The second-order valence-corrected chi connectivity index (χ2v) is 5.32. The van der Waals surface area contributed by atoms with E-state index in [9.17, 15) is 4.79 Å². The van der Waals surface area contributed by atoms with Gasteiger partial charge in [0.15, 0.2) is 5.76 Å². The average molecular weight is 243 g/mol. The number of ketones is 1. The number of piperidine rings is 1. The average Bonchev–Trinajstić information content (AvgIpc) is 2.82. The van der Waals surface area contributed by atoms with Crippen LogP contribution in [0.25, 0.3) is 11.0 Å². The summed E-state index contributed by atoms with van der Waals surface area (Å²) in [5.41, 5.74) is 0.458. The van der Waals surface area contributed by atoms with E-state index in [0.717, 1.165) is 36.9 Å². The summed E-state index contributed by atoms with van der Waals surface area (Å²) in [6, 6.07) is 9.60. The van der Waals surface area contributed by atoms with Gasteiger partial charge in [0.05, 0.1) is 0 Å². The summed E-state index contributed by atoms with van der Waals surface area (Å²) in [6.45, 7) is 3.76. The Labute approximate surface area is 106 Å². The number of para-hydroxylation sites is 1. The van der Waals surface area contributed by atoms with Gasteiger partial charge in [0.25, 0.3) is 0 Å². The molecule has 1 aliphatic heterocycles. The third kappa shape index (κ3) is 1.85. The van der Waals surface area contributed by atoms with Gasteiger partial charge in [-0.05, 0) is 31.5 Å². The molecule has 1 N–H and O–H groups in total. The Morgan fingerprint density at radius 3 is 2.94 bits per heavy atom. The topological polar surface area (TPSA) is 42.2 Å². The highest BCUT2D eigenvalue weighted by atomic mass is 16.3. The van der Waals surface area contributed by atoms with E-state index in [1.54, 1.807) is 0 Å². The van der Waals surface area contributed by atoms with Crippen molar-refractivity contribution >= 4 is 16.8 Å². The summed E-state index contributed by atoms with van der Waals surface area (Å²) in [5, 5.41) is 4.29. The monoisotopic (exact) mass is 243 g/mol. The molecule has 0 bridgehead atoms. The van der Waals surface area contributed by atoms with Crippen LogP contribution in [-0.2, 0) is 0 Å². The number of carbonyl (C=O) groups excluding carboxylic acids is 1. The van der Waals surface area contributed by atoms with Crippen molar-refractivity contribution in [3.63, 3.8) is 0 Å². The molecule has 3 heteroatoms. The lowest BCUT2D eigenvalue weighted by Gasteiger charge is -2.31. The number of furan rings is 1. The van der Waals surface area contributed by atoms with E-state index in [-0.39, 0.29) is 11.2 Å². The van der Waals surface area contributed by atoms with E-state index in [0.29, 0.717) is 5.76 Å². The van der Waals surface area contributed by atoms with Crippen molar-refractivity contribution < 1.29 is 9.21 Å². The van der Waals surface area contributed by atoms with Crippen LogP contribution < -0.4 is 5.32 Å². The van der Waals surface area contributed by atoms with Gasteiger partial charge in [-0.15, -0.1) is 0 Å². The highest BCUT2D eigenvalue weighted by Gasteiger charge is 2.36. The summed E-state index contributed by atoms with van der Waals surface area (Å²) >= 11 is 0. The SMILES string of the molecule is CC1(C(=O)c2cc3ccccc3o2)CCCNC1. The van der Waals surface area contributed by atoms with Gasteiger partial charge in [-0.3, -0.25) is 4.79 Å². The highest BCUT2D eigenvalue weighted by molar-refractivity contribution is 6.01. The van der Waals surface area contributed by atoms with Gasteiger partial charge in [0, 0.05) is 17.3 Å². The van der Waals surface area contributed by atoms with Crippen LogP contribution in [0.15, 0.2) is 34.7 Å². The number of benzene rings is 1. The summed E-state index contributed by atoms with van der Waals surface area (Å²) < 4.78 is 5.67. The van der Waals surface area contributed by atoms with Crippen LogP contribution >= 0.6 is 0 Å². The van der Waals surface area contributed by atoms with Gasteiger partial charge in [0.2, 0.25) is 5.78 Å². The number of Topliss-reactive ketones (excluding diaryl/α,β-unsaturated/α-hetero) is 1. The molecule has 1 aliphatic rings. The molecule has 0 saturated carbocycles. The smallest absolute Gasteiger partial charge is 0.205 e. The van der Waals surface area contributed by atoms with Gasteiger partial charge in [-0.1, -0.05) is 25.1 Å². The first-order valence-corrected chi connectivity index (χ1v) is 6.43. The predicted octanol–water partition coefficient (Wildman–Crippen LogP) is 3.01.